The zero-order valence-electron chi connectivity index (χ0n) is 13.8. The largest absolute Gasteiger partial charge is 0.393 e. The van der Waals surface area contributed by atoms with E-state index in [2.05, 4.69) is 19.9 Å². The van der Waals surface area contributed by atoms with Crippen LogP contribution in [0.5, 0.6) is 0 Å². The van der Waals surface area contributed by atoms with E-state index in [-0.39, 0.29) is 23.0 Å². The van der Waals surface area contributed by atoms with E-state index in [1.54, 1.807) is 0 Å². The number of rotatable bonds is 0. The molecule has 0 aliphatic heterocycles. The van der Waals surface area contributed by atoms with Crippen molar-refractivity contribution in [2.75, 3.05) is 0 Å². The van der Waals surface area contributed by atoms with Gasteiger partial charge in [-0.25, -0.2) is 0 Å². The van der Waals surface area contributed by atoms with Gasteiger partial charge in [0.05, 0.1) is 18.3 Å². The minimum atomic E-state index is -0.395. The fourth-order valence-corrected chi connectivity index (χ4v) is 6.60. The summed E-state index contributed by atoms with van der Waals surface area (Å²) in [6.07, 6.45) is 8.05. The lowest BCUT2D eigenvalue weighted by molar-refractivity contribution is -0.105. The summed E-state index contributed by atoms with van der Waals surface area (Å²) in [5.74, 6) is 1.25. The summed E-state index contributed by atoms with van der Waals surface area (Å²) >= 11 is 0. The van der Waals surface area contributed by atoms with E-state index in [9.17, 15) is 15.3 Å². The molecule has 0 saturated heterocycles. The second kappa shape index (κ2) is 4.81. The van der Waals surface area contributed by atoms with Crippen molar-refractivity contribution in [1.82, 2.24) is 0 Å². The van der Waals surface area contributed by atoms with Crippen molar-refractivity contribution < 1.29 is 15.3 Å². The molecule has 0 spiro atoms. The van der Waals surface area contributed by atoms with E-state index in [1.807, 2.05) is 0 Å². The number of hydrogen-bond acceptors (Lipinski definition) is 3. The first-order valence-electron chi connectivity index (χ1n) is 9.11. The van der Waals surface area contributed by atoms with Crippen LogP contribution in [0, 0.1) is 28.6 Å². The molecule has 3 saturated carbocycles. The molecule has 3 nitrogen and oxygen atoms in total. The van der Waals surface area contributed by atoms with Crippen molar-refractivity contribution in [2.24, 2.45) is 28.6 Å². The van der Waals surface area contributed by atoms with Crippen LogP contribution in [-0.4, -0.2) is 33.6 Å². The molecular formula is C19H30O3. The van der Waals surface area contributed by atoms with Gasteiger partial charge < -0.3 is 15.3 Å². The molecule has 124 valence electrons. The molecule has 0 aromatic carbocycles. The SMILES string of the molecule is C[C@]12CCC(O)CC1=CC(O)[C@@H]1[C@H]2CC[C@]2(C)C(O)CC[C@@H]12. The second-order valence-electron chi connectivity index (χ2n) is 8.92. The summed E-state index contributed by atoms with van der Waals surface area (Å²) < 4.78 is 0. The van der Waals surface area contributed by atoms with E-state index in [1.165, 1.54) is 5.57 Å². The number of aliphatic hydroxyl groups excluding tert-OH is 3. The summed E-state index contributed by atoms with van der Waals surface area (Å²) in [4.78, 5) is 0. The predicted molar refractivity (Wildman–Crippen MR) is 85.1 cm³/mol. The monoisotopic (exact) mass is 306 g/mol. The third kappa shape index (κ3) is 1.85. The van der Waals surface area contributed by atoms with Crippen LogP contribution in [0.15, 0.2) is 11.6 Å². The van der Waals surface area contributed by atoms with Crippen LogP contribution in [0.1, 0.15) is 58.8 Å². The molecule has 0 radical (unpaired) electrons. The lowest BCUT2D eigenvalue weighted by Crippen LogP contribution is -2.55. The summed E-state index contributed by atoms with van der Waals surface area (Å²) in [5, 5.41) is 31.3. The Morgan fingerprint density at radius 3 is 2.50 bits per heavy atom. The highest BCUT2D eigenvalue weighted by Crippen LogP contribution is 2.64. The van der Waals surface area contributed by atoms with Gasteiger partial charge in [0.25, 0.3) is 0 Å². The van der Waals surface area contributed by atoms with Crippen LogP contribution in [0.2, 0.25) is 0 Å². The molecule has 0 bridgehead atoms. The Bertz CT molecular complexity index is 501. The molecule has 0 aromatic rings. The molecule has 3 fully saturated rings. The average Bonchev–Trinajstić information content (AvgIpc) is 2.77. The van der Waals surface area contributed by atoms with Crippen molar-refractivity contribution in [3.05, 3.63) is 11.6 Å². The van der Waals surface area contributed by atoms with Gasteiger partial charge in [-0.2, -0.15) is 0 Å². The Kier molecular flexibility index (Phi) is 3.32. The Balaban J connectivity index is 1.73. The number of fused-ring (bicyclic) bond motifs is 5. The van der Waals surface area contributed by atoms with Gasteiger partial charge in [-0.05, 0) is 73.5 Å². The van der Waals surface area contributed by atoms with Crippen LogP contribution in [0.4, 0.5) is 0 Å². The smallest absolute Gasteiger partial charge is 0.0757 e. The maximum absolute atomic E-state index is 10.9. The van der Waals surface area contributed by atoms with Gasteiger partial charge in [-0.3, -0.25) is 0 Å². The first kappa shape index (κ1) is 15.2. The van der Waals surface area contributed by atoms with Gasteiger partial charge in [0.1, 0.15) is 0 Å². The lowest BCUT2D eigenvalue weighted by atomic mass is 9.47. The van der Waals surface area contributed by atoms with Crippen LogP contribution < -0.4 is 0 Å². The van der Waals surface area contributed by atoms with E-state index < -0.39 is 6.10 Å². The van der Waals surface area contributed by atoms with Crippen molar-refractivity contribution in [3.8, 4) is 0 Å². The summed E-state index contributed by atoms with van der Waals surface area (Å²) in [6, 6.07) is 0. The minimum absolute atomic E-state index is 0.00195. The van der Waals surface area contributed by atoms with E-state index in [0.29, 0.717) is 17.8 Å². The maximum atomic E-state index is 10.9. The van der Waals surface area contributed by atoms with Crippen molar-refractivity contribution >= 4 is 0 Å². The van der Waals surface area contributed by atoms with E-state index >= 15 is 0 Å². The molecule has 0 heterocycles. The van der Waals surface area contributed by atoms with E-state index in [0.717, 1.165) is 44.9 Å². The average molecular weight is 306 g/mol. The zero-order chi connectivity index (χ0) is 15.7. The predicted octanol–water partition coefficient (Wildman–Crippen LogP) is 2.64. The molecule has 0 amide bonds. The standard InChI is InChI=1S/C19H30O3/c1-18-7-5-12(20)9-11(18)10-15(21)17-13-3-4-16(22)19(13,2)8-6-14(17)18/h10,12-17,20-22H,3-9H2,1-2H3/t12?,13-,14+,15?,16?,17-,18-,19-/m0/s1. The topological polar surface area (TPSA) is 60.7 Å². The Morgan fingerprint density at radius 1 is 0.955 bits per heavy atom. The van der Waals surface area contributed by atoms with Gasteiger partial charge in [-0.1, -0.05) is 25.5 Å². The van der Waals surface area contributed by atoms with Crippen LogP contribution in [0.3, 0.4) is 0 Å². The van der Waals surface area contributed by atoms with E-state index in [4.69, 9.17) is 0 Å². The number of hydrogen-bond donors (Lipinski definition) is 3. The van der Waals surface area contributed by atoms with Crippen LogP contribution in [0.25, 0.3) is 0 Å². The lowest BCUT2D eigenvalue weighted by Gasteiger charge is -2.58. The molecule has 4 aliphatic rings. The molecule has 4 rings (SSSR count). The molecule has 0 aromatic heterocycles. The van der Waals surface area contributed by atoms with Gasteiger partial charge in [0, 0.05) is 0 Å². The van der Waals surface area contributed by atoms with Gasteiger partial charge in [-0.15, -0.1) is 0 Å². The minimum Gasteiger partial charge on any atom is -0.393 e. The van der Waals surface area contributed by atoms with Crippen molar-refractivity contribution in [1.29, 1.82) is 0 Å². The van der Waals surface area contributed by atoms with Crippen molar-refractivity contribution in [2.45, 2.75) is 77.1 Å². The quantitative estimate of drug-likeness (QED) is 0.603. The fraction of sp³-hybridized carbons (Fsp3) is 0.895. The van der Waals surface area contributed by atoms with Crippen LogP contribution in [-0.2, 0) is 0 Å². The highest BCUT2D eigenvalue weighted by atomic mass is 16.3. The first-order valence-corrected chi connectivity index (χ1v) is 9.11. The molecule has 3 heteroatoms. The Hall–Kier alpha value is -0.380. The summed E-state index contributed by atoms with van der Waals surface area (Å²) in [7, 11) is 0. The molecule has 3 unspecified atom stereocenters. The highest BCUT2D eigenvalue weighted by molar-refractivity contribution is 5.27. The van der Waals surface area contributed by atoms with Crippen molar-refractivity contribution in [3.63, 3.8) is 0 Å². The molecular weight excluding hydrogens is 276 g/mol. The second-order valence-corrected chi connectivity index (χ2v) is 8.92. The summed E-state index contributed by atoms with van der Waals surface area (Å²) in [5.41, 5.74) is 1.44. The zero-order valence-corrected chi connectivity index (χ0v) is 13.8. The Labute approximate surface area is 133 Å². The summed E-state index contributed by atoms with van der Waals surface area (Å²) in [6.45, 7) is 4.60. The van der Waals surface area contributed by atoms with Crippen LogP contribution >= 0.6 is 0 Å². The van der Waals surface area contributed by atoms with Gasteiger partial charge >= 0.3 is 0 Å². The third-order valence-corrected chi connectivity index (χ3v) is 8.05. The normalized spacial score (nSPS) is 57.6. The number of aliphatic hydroxyl groups is 3. The molecule has 4 aliphatic carbocycles. The van der Waals surface area contributed by atoms with Gasteiger partial charge in [0.2, 0.25) is 0 Å². The molecule has 8 atom stereocenters. The third-order valence-electron chi connectivity index (χ3n) is 8.05. The first-order chi connectivity index (χ1) is 10.4. The molecule has 22 heavy (non-hydrogen) atoms. The molecule has 3 N–H and O–H groups in total. The Morgan fingerprint density at radius 2 is 1.73 bits per heavy atom. The maximum Gasteiger partial charge on any atom is 0.0757 e. The van der Waals surface area contributed by atoms with Gasteiger partial charge in [0.15, 0.2) is 0 Å². The highest BCUT2D eigenvalue weighted by Gasteiger charge is 2.60. The fourth-order valence-electron chi connectivity index (χ4n) is 6.60.